The highest BCUT2D eigenvalue weighted by atomic mass is 32.8. The van der Waals surface area contributed by atoms with E-state index >= 15 is 0 Å². The molecule has 0 aliphatic heterocycles. The van der Waals surface area contributed by atoms with Crippen LogP contribution < -0.4 is 0 Å². The first-order valence-corrected chi connectivity index (χ1v) is 6.06. The summed E-state index contributed by atoms with van der Waals surface area (Å²) in [5.74, 6) is 0.158. The van der Waals surface area contributed by atoms with Crippen molar-refractivity contribution in [3.63, 3.8) is 0 Å². The van der Waals surface area contributed by atoms with Gasteiger partial charge in [-0.2, -0.15) is 0 Å². The van der Waals surface area contributed by atoms with E-state index < -0.39 is 0 Å². The van der Waals surface area contributed by atoms with E-state index in [1.165, 1.54) is 0 Å². The fourth-order valence-electron chi connectivity index (χ4n) is 0.537. The van der Waals surface area contributed by atoms with Crippen molar-refractivity contribution in [2.75, 3.05) is 12.0 Å². The van der Waals surface area contributed by atoms with Gasteiger partial charge in [0.2, 0.25) is 0 Å². The molecule has 1 atom stereocenters. The Morgan fingerprint density at radius 2 is 2.00 bits per heavy atom. The lowest BCUT2D eigenvalue weighted by Gasteiger charge is -2.19. The van der Waals surface area contributed by atoms with Crippen LogP contribution in [0.15, 0.2) is 0 Å². The summed E-state index contributed by atoms with van der Waals surface area (Å²) in [5, 5.41) is 0. The molecule has 0 saturated heterocycles. The zero-order chi connectivity index (χ0) is 9.07. The molecule has 0 heterocycles. The maximum Gasteiger partial charge on any atom is 0.316 e. The van der Waals surface area contributed by atoms with E-state index in [4.69, 9.17) is 15.9 Å². The van der Waals surface area contributed by atoms with Crippen molar-refractivity contribution in [2.24, 2.45) is 0 Å². The van der Waals surface area contributed by atoms with Gasteiger partial charge in [0.1, 0.15) is 5.60 Å². The molecule has 0 amide bonds. The zero-order valence-corrected chi connectivity index (χ0v) is 8.97. The van der Waals surface area contributed by atoms with Crippen molar-refractivity contribution in [3.8, 4) is 0 Å². The molecule has 1 unspecified atom stereocenters. The van der Waals surface area contributed by atoms with Gasteiger partial charge in [0.05, 0.1) is 5.75 Å². The highest BCUT2D eigenvalue weighted by Gasteiger charge is 2.15. The fourth-order valence-corrected chi connectivity index (χ4v) is 1.22. The normalized spacial score (nSPS) is 14.2. The zero-order valence-electron chi connectivity index (χ0n) is 7.34. The largest absolute Gasteiger partial charge is 0.459 e. The van der Waals surface area contributed by atoms with Gasteiger partial charge in [-0.15, -0.1) is 9.45 Å². The molecule has 0 aliphatic carbocycles. The minimum absolute atomic E-state index is 0.196. The summed E-state index contributed by atoms with van der Waals surface area (Å²) in [4.78, 5) is 11.0. The van der Waals surface area contributed by atoms with Gasteiger partial charge in [0.25, 0.3) is 0 Å². The van der Waals surface area contributed by atoms with Gasteiger partial charge in [-0.05, 0) is 27.0 Å². The molecule has 0 aromatic heterocycles. The van der Waals surface area contributed by atoms with Gasteiger partial charge >= 0.3 is 5.97 Å². The molecule has 66 valence electrons. The summed E-state index contributed by atoms with van der Waals surface area (Å²) in [7, 11) is -0.272. The topological polar surface area (TPSA) is 26.3 Å². The molecule has 2 nitrogen and oxygen atoms in total. The predicted octanol–water partition coefficient (Wildman–Crippen LogP) is 1.04. The van der Waals surface area contributed by atoms with Crippen molar-refractivity contribution in [3.05, 3.63) is 0 Å². The predicted molar refractivity (Wildman–Crippen MR) is 51.4 cm³/mol. The van der Waals surface area contributed by atoms with Crippen LogP contribution in [0.2, 0.25) is 0 Å². The van der Waals surface area contributed by atoms with Crippen molar-refractivity contribution < 1.29 is 9.53 Å². The van der Waals surface area contributed by atoms with Crippen molar-refractivity contribution in [1.82, 2.24) is 0 Å². The van der Waals surface area contributed by atoms with E-state index in [0.29, 0.717) is 5.75 Å². The number of hydrogen-bond acceptors (Lipinski definition) is 3. The number of esters is 1. The highest BCUT2D eigenvalue weighted by Crippen LogP contribution is 2.06. The molecule has 0 N–H and O–H groups in total. The standard InChI is InChI=1S/C7H14O2S2/c1-7(2,3)9-6(8)5-11(4)10/h5H2,1-4H3. The molecule has 0 aromatic rings. The summed E-state index contributed by atoms with van der Waals surface area (Å²) in [6.07, 6.45) is 1.85. The maximum atomic E-state index is 11.0. The monoisotopic (exact) mass is 194 g/mol. The van der Waals surface area contributed by atoms with Gasteiger partial charge in [-0.3, -0.25) is 4.79 Å². The molecule has 0 saturated carbocycles. The Morgan fingerprint density at radius 1 is 1.55 bits per heavy atom. The van der Waals surface area contributed by atoms with E-state index in [2.05, 4.69) is 0 Å². The molecule has 0 bridgehead atoms. The lowest BCUT2D eigenvalue weighted by atomic mass is 10.2. The van der Waals surface area contributed by atoms with Gasteiger partial charge in [0.15, 0.2) is 0 Å². The SMILES string of the molecule is CS(=S)CC(=O)OC(C)(C)C. The fraction of sp³-hybridized carbons (Fsp3) is 0.857. The van der Waals surface area contributed by atoms with Gasteiger partial charge < -0.3 is 4.74 Å². The van der Waals surface area contributed by atoms with Gasteiger partial charge in [0, 0.05) is 0 Å². The average Bonchev–Trinajstić information content (AvgIpc) is 1.53. The number of rotatable bonds is 2. The molecular formula is C7H14O2S2. The Morgan fingerprint density at radius 3 is 2.27 bits per heavy atom. The number of ether oxygens (including phenoxy) is 1. The quantitative estimate of drug-likeness (QED) is 0.614. The van der Waals surface area contributed by atoms with E-state index in [1.54, 1.807) is 0 Å². The van der Waals surface area contributed by atoms with Crippen molar-refractivity contribution in [2.45, 2.75) is 26.4 Å². The summed E-state index contributed by atoms with van der Waals surface area (Å²) in [5.41, 5.74) is -0.383. The number of hydrogen-bond donors (Lipinski definition) is 0. The minimum Gasteiger partial charge on any atom is -0.459 e. The Labute approximate surface area is 74.9 Å². The van der Waals surface area contributed by atoms with Crippen LogP contribution in [0.1, 0.15) is 20.8 Å². The van der Waals surface area contributed by atoms with Crippen LogP contribution in [0.5, 0.6) is 0 Å². The van der Waals surface area contributed by atoms with E-state index in [9.17, 15) is 4.79 Å². The smallest absolute Gasteiger partial charge is 0.316 e. The molecule has 0 aromatic carbocycles. The highest BCUT2D eigenvalue weighted by molar-refractivity contribution is 8.28. The molecule has 0 aliphatic rings. The van der Waals surface area contributed by atoms with Crippen LogP contribution in [-0.4, -0.2) is 23.6 Å². The summed E-state index contributed by atoms with van der Waals surface area (Å²) < 4.78 is 5.05. The molecule has 4 heteroatoms. The number of carbonyl (C=O) groups excluding carboxylic acids is 1. The first-order chi connectivity index (χ1) is 4.81. The van der Waals surface area contributed by atoms with E-state index in [1.807, 2.05) is 27.0 Å². The summed E-state index contributed by atoms with van der Waals surface area (Å²) in [6.45, 7) is 5.55. The van der Waals surface area contributed by atoms with Gasteiger partial charge in [-0.25, -0.2) is 0 Å². The van der Waals surface area contributed by atoms with Crippen LogP contribution >= 0.6 is 0 Å². The van der Waals surface area contributed by atoms with Crippen LogP contribution in [0.4, 0.5) is 0 Å². The Balaban J connectivity index is 3.80. The van der Waals surface area contributed by atoms with Crippen LogP contribution in [0.25, 0.3) is 0 Å². The lowest BCUT2D eigenvalue weighted by molar-refractivity contribution is -0.151. The van der Waals surface area contributed by atoms with Gasteiger partial charge in [-0.1, -0.05) is 11.2 Å². The molecule has 0 fully saturated rings. The maximum absolute atomic E-state index is 11.0. The second-order valence-corrected chi connectivity index (χ2v) is 6.45. The second-order valence-electron chi connectivity index (χ2n) is 3.30. The average molecular weight is 194 g/mol. The minimum atomic E-state index is -0.383. The third kappa shape index (κ3) is 7.94. The first-order valence-electron chi connectivity index (χ1n) is 3.33. The summed E-state index contributed by atoms with van der Waals surface area (Å²) >= 11 is 4.87. The molecule has 11 heavy (non-hydrogen) atoms. The first kappa shape index (κ1) is 11.0. The van der Waals surface area contributed by atoms with Crippen LogP contribution in [-0.2, 0) is 30.2 Å². The summed E-state index contributed by atoms with van der Waals surface area (Å²) in [6, 6.07) is 0. The third-order valence-corrected chi connectivity index (χ3v) is 1.74. The Bertz CT molecular complexity index is 170. The Kier molecular flexibility index (Phi) is 4.18. The molecular weight excluding hydrogens is 180 g/mol. The van der Waals surface area contributed by atoms with E-state index in [0.717, 1.165) is 0 Å². The second kappa shape index (κ2) is 4.16. The molecule has 0 spiro atoms. The van der Waals surface area contributed by atoms with Crippen molar-refractivity contribution in [1.29, 1.82) is 0 Å². The molecule has 0 radical (unpaired) electrons. The van der Waals surface area contributed by atoms with E-state index in [-0.39, 0.29) is 21.0 Å². The lowest BCUT2D eigenvalue weighted by Crippen LogP contribution is -2.26. The van der Waals surface area contributed by atoms with Crippen molar-refractivity contribution >= 4 is 26.6 Å². The van der Waals surface area contributed by atoms with Crippen LogP contribution in [0.3, 0.4) is 0 Å². The van der Waals surface area contributed by atoms with Crippen LogP contribution in [0, 0.1) is 0 Å². The number of carbonyl (C=O) groups is 1. The molecule has 0 rings (SSSR count). The third-order valence-electron chi connectivity index (χ3n) is 0.741. The Hall–Kier alpha value is 0.0400.